The van der Waals surface area contributed by atoms with E-state index in [-0.39, 0.29) is 5.60 Å². The topological polar surface area (TPSA) is 48.3 Å². The van der Waals surface area contributed by atoms with Gasteiger partial charge in [0.2, 0.25) is 0 Å². The number of ether oxygens (including phenoxy) is 2. The Morgan fingerprint density at radius 2 is 2.08 bits per heavy atom. The third kappa shape index (κ3) is 3.64. The van der Waals surface area contributed by atoms with Crippen molar-refractivity contribution in [1.29, 1.82) is 0 Å². The first-order valence-electron chi connectivity index (χ1n) is 9.29. The van der Waals surface area contributed by atoms with E-state index in [1.54, 1.807) is 0 Å². The Kier molecular flexibility index (Phi) is 4.88. The molecule has 2 aliphatic rings. The van der Waals surface area contributed by atoms with Gasteiger partial charge < -0.3 is 19.4 Å². The predicted molar refractivity (Wildman–Crippen MR) is 96.9 cm³/mol. The molecule has 0 aliphatic carbocycles. The smallest absolute Gasteiger partial charge is 0.110 e. The quantitative estimate of drug-likeness (QED) is 0.929. The van der Waals surface area contributed by atoms with E-state index in [2.05, 4.69) is 39.1 Å². The molecule has 1 spiro atoms. The Morgan fingerprint density at radius 1 is 1.24 bits per heavy atom. The van der Waals surface area contributed by atoms with Crippen LogP contribution in [0.4, 0.5) is 0 Å². The Morgan fingerprint density at radius 3 is 2.88 bits per heavy atom. The maximum Gasteiger partial charge on any atom is 0.110 e. The number of hydrogen-bond donors (Lipinski definition) is 1. The largest absolute Gasteiger partial charge is 0.381 e. The minimum absolute atomic E-state index is 0.0363. The van der Waals surface area contributed by atoms with Gasteiger partial charge in [0.25, 0.3) is 0 Å². The molecule has 5 nitrogen and oxygen atoms in total. The Hall–Kier alpha value is -1.69. The number of para-hydroxylation sites is 1. The number of nitrogens with zero attached hydrogens (tertiary/aromatic N) is 2. The molecule has 1 atom stereocenters. The molecule has 4 rings (SSSR count). The second-order valence-corrected chi connectivity index (χ2v) is 7.19. The number of hydrogen-bond acceptors (Lipinski definition) is 4. The van der Waals surface area contributed by atoms with Crippen molar-refractivity contribution in [3.05, 3.63) is 48.0 Å². The third-order valence-electron chi connectivity index (χ3n) is 5.56. The van der Waals surface area contributed by atoms with Crippen LogP contribution in [0.15, 0.2) is 36.7 Å². The highest BCUT2D eigenvalue weighted by Gasteiger charge is 2.38. The monoisotopic (exact) mass is 341 g/mol. The predicted octanol–water partition coefficient (Wildman–Crippen LogP) is 3.00. The zero-order valence-corrected chi connectivity index (χ0v) is 14.9. The Labute approximate surface area is 149 Å². The van der Waals surface area contributed by atoms with Crippen LogP contribution in [0.3, 0.4) is 0 Å². The molecule has 0 unspecified atom stereocenters. The van der Waals surface area contributed by atoms with Gasteiger partial charge in [-0.1, -0.05) is 18.2 Å². The molecule has 134 valence electrons. The first kappa shape index (κ1) is 16.8. The summed E-state index contributed by atoms with van der Waals surface area (Å²) in [6.07, 6.45) is 8.09. The van der Waals surface area contributed by atoms with Gasteiger partial charge in [0.05, 0.1) is 11.3 Å². The minimum atomic E-state index is 0.0363. The molecule has 5 heteroatoms. The first-order valence-corrected chi connectivity index (χ1v) is 9.29. The van der Waals surface area contributed by atoms with Crippen LogP contribution in [-0.2, 0) is 16.0 Å². The molecule has 0 radical (unpaired) electrons. The zero-order valence-electron chi connectivity index (χ0n) is 14.9. The lowest BCUT2D eigenvalue weighted by atomic mass is 9.84. The average Bonchev–Trinajstić information content (AvgIpc) is 3.07. The van der Waals surface area contributed by atoms with Crippen molar-refractivity contribution < 1.29 is 9.47 Å². The zero-order chi connectivity index (χ0) is 17.1. The Bertz CT molecular complexity index is 701. The van der Waals surface area contributed by atoms with Crippen LogP contribution in [0.25, 0.3) is 5.69 Å². The van der Waals surface area contributed by atoms with E-state index in [4.69, 9.17) is 9.47 Å². The molecule has 25 heavy (non-hydrogen) atoms. The second-order valence-electron chi connectivity index (χ2n) is 7.19. The van der Waals surface area contributed by atoms with Crippen molar-refractivity contribution in [2.75, 3.05) is 19.8 Å². The lowest BCUT2D eigenvalue weighted by molar-refractivity contribution is -0.140. The number of nitrogens with one attached hydrogen (secondary N) is 1. The van der Waals surface area contributed by atoms with Crippen molar-refractivity contribution in [2.24, 2.45) is 0 Å². The van der Waals surface area contributed by atoms with Crippen molar-refractivity contribution in [3.8, 4) is 5.69 Å². The van der Waals surface area contributed by atoms with E-state index >= 15 is 0 Å². The molecule has 1 N–H and O–H groups in total. The molecule has 0 amide bonds. The summed E-state index contributed by atoms with van der Waals surface area (Å²) < 4.78 is 13.8. The number of rotatable bonds is 4. The van der Waals surface area contributed by atoms with Gasteiger partial charge in [-0.15, -0.1) is 0 Å². The van der Waals surface area contributed by atoms with Gasteiger partial charge in [-0.25, -0.2) is 4.98 Å². The fourth-order valence-corrected chi connectivity index (χ4v) is 4.08. The molecule has 2 saturated heterocycles. The van der Waals surface area contributed by atoms with E-state index in [9.17, 15) is 0 Å². The summed E-state index contributed by atoms with van der Waals surface area (Å²) >= 11 is 0. The van der Waals surface area contributed by atoms with Crippen molar-refractivity contribution in [2.45, 2.75) is 50.8 Å². The van der Waals surface area contributed by atoms with Gasteiger partial charge in [-0.3, -0.25) is 0 Å². The van der Waals surface area contributed by atoms with Crippen LogP contribution in [-0.4, -0.2) is 41.0 Å². The normalized spacial score (nSPS) is 23.0. The molecule has 0 saturated carbocycles. The second kappa shape index (κ2) is 7.28. The van der Waals surface area contributed by atoms with E-state index in [1.165, 1.54) is 11.3 Å². The van der Waals surface area contributed by atoms with E-state index in [0.717, 1.165) is 57.9 Å². The number of imidazole rings is 1. The van der Waals surface area contributed by atoms with E-state index < -0.39 is 0 Å². The summed E-state index contributed by atoms with van der Waals surface area (Å²) in [6.45, 7) is 5.41. The molecule has 2 aromatic rings. The first-order chi connectivity index (χ1) is 12.3. The molecule has 0 bridgehead atoms. The van der Waals surface area contributed by atoms with Crippen molar-refractivity contribution >= 4 is 0 Å². The standard InChI is InChI=1S/C20H27N3O2/c1-16-21-9-10-23(16)19-5-3-2-4-17(19)15-22-18-6-11-25-20(14-18)7-12-24-13-8-20/h2-5,9-10,18,22H,6-8,11-15H2,1H3/t18-/m1/s1. The van der Waals surface area contributed by atoms with Gasteiger partial charge >= 0.3 is 0 Å². The van der Waals surface area contributed by atoms with Gasteiger partial charge in [0, 0.05) is 44.8 Å². The van der Waals surface area contributed by atoms with Gasteiger partial charge in [-0.05, 0) is 44.2 Å². The van der Waals surface area contributed by atoms with Crippen LogP contribution < -0.4 is 5.32 Å². The minimum Gasteiger partial charge on any atom is -0.381 e. The molecule has 1 aromatic heterocycles. The third-order valence-corrected chi connectivity index (χ3v) is 5.56. The highest BCUT2D eigenvalue weighted by Crippen LogP contribution is 2.34. The summed E-state index contributed by atoms with van der Waals surface area (Å²) in [7, 11) is 0. The summed E-state index contributed by atoms with van der Waals surface area (Å²) in [5, 5.41) is 3.78. The van der Waals surface area contributed by atoms with Crippen LogP contribution in [0, 0.1) is 6.92 Å². The van der Waals surface area contributed by atoms with Crippen LogP contribution in [0.1, 0.15) is 37.1 Å². The molecule has 2 fully saturated rings. The van der Waals surface area contributed by atoms with E-state index in [0.29, 0.717) is 6.04 Å². The molecular weight excluding hydrogens is 314 g/mol. The highest BCUT2D eigenvalue weighted by molar-refractivity contribution is 5.42. The van der Waals surface area contributed by atoms with Crippen LogP contribution in [0.2, 0.25) is 0 Å². The van der Waals surface area contributed by atoms with Gasteiger partial charge in [-0.2, -0.15) is 0 Å². The highest BCUT2D eigenvalue weighted by atomic mass is 16.5. The summed E-state index contributed by atoms with van der Waals surface area (Å²) in [4.78, 5) is 4.36. The van der Waals surface area contributed by atoms with Crippen molar-refractivity contribution in [1.82, 2.24) is 14.9 Å². The SMILES string of the molecule is Cc1nccn1-c1ccccc1CN[C@@H]1CCOC2(CCOCC2)C1. The lowest BCUT2D eigenvalue weighted by Gasteiger charge is -2.43. The van der Waals surface area contributed by atoms with Crippen molar-refractivity contribution in [3.63, 3.8) is 0 Å². The van der Waals surface area contributed by atoms with Crippen LogP contribution in [0.5, 0.6) is 0 Å². The number of benzene rings is 1. The fourth-order valence-electron chi connectivity index (χ4n) is 4.08. The molecule has 3 heterocycles. The van der Waals surface area contributed by atoms with E-state index in [1.807, 2.05) is 19.3 Å². The molecule has 1 aromatic carbocycles. The fraction of sp³-hybridized carbons (Fsp3) is 0.550. The summed E-state index contributed by atoms with van der Waals surface area (Å²) in [5.74, 6) is 1.01. The summed E-state index contributed by atoms with van der Waals surface area (Å²) in [5.41, 5.74) is 2.54. The average molecular weight is 341 g/mol. The van der Waals surface area contributed by atoms with Gasteiger partial charge in [0.1, 0.15) is 5.82 Å². The summed E-state index contributed by atoms with van der Waals surface area (Å²) in [6, 6.07) is 9.06. The lowest BCUT2D eigenvalue weighted by Crippen LogP contribution is -2.49. The molecular formula is C20H27N3O2. The maximum absolute atomic E-state index is 6.15. The number of aromatic nitrogens is 2. The maximum atomic E-state index is 6.15. The Balaban J connectivity index is 1.44. The number of aryl methyl sites for hydroxylation is 1. The van der Waals surface area contributed by atoms with Crippen LogP contribution >= 0.6 is 0 Å². The van der Waals surface area contributed by atoms with Gasteiger partial charge in [0.15, 0.2) is 0 Å². The molecule has 2 aliphatic heterocycles.